The van der Waals surface area contributed by atoms with Gasteiger partial charge in [-0.25, -0.2) is 14.8 Å². The van der Waals surface area contributed by atoms with Crippen LogP contribution in [-0.2, 0) is 14.2 Å². The van der Waals surface area contributed by atoms with Crippen LogP contribution in [-0.4, -0.2) is 60.7 Å². The summed E-state index contributed by atoms with van der Waals surface area (Å²) in [7, 11) is 1.56. The van der Waals surface area contributed by atoms with Gasteiger partial charge in [-0.05, 0) is 30.3 Å². The van der Waals surface area contributed by atoms with E-state index in [1.54, 1.807) is 56.0 Å². The molecule has 4 heterocycles. The first kappa shape index (κ1) is 20.3. The van der Waals surface area contributed by atoms with Gasteiger partial charge >= 0.3 is 6.09 Å². The number of anilines is 2. The Bertz CT molecular complexity index is 1080. The highest BCUT2D eigenvalue weighted by atomic mass is 16.6. The highest BCUT2D eigenvalue weighted by Crippen LogP contribution is 2.31. The van der Waals surface area contributed by atoms with Gasteiger partial charge in [-0.15, -0.1) is 0 Å². The molecular weight excluding hydrogens is 416 g/mol. The molecule has 0 spiro atoms. The number of carbonyl (C=O) groups excluding carboxylic acids is 1. The number of rotatable bonds is 6. The van der Waals surface area contributed by atoms with Crippen LogP contribution in [0.5, 0.6) is 5.75 Å². The minimum Gasteiger partial charge on any atom is -0.497 e. The van der Waals surface area contributed by atoms with Crippen LogP contribution >= 0.6 is 0 Å². The van der Waals surface area contributed by atoms with Gasteiger partial charge in [-0.3, -0.25) is 5.32 Å². The Morgan fingerprint density at radius 3 is 2.88 bits per heavy atom. The molecule has 1 amide bonds. The van der Waals surface area contributed by atoms with Crippen LogP contribution in [0.25, 0.3) is 11.5 Å². The van der Waals surface area contributed by atoms with Crippen LogP contribution in [0.3, 0.4) is 0 Å². The average molecular weight is 438 g/mol. The Hall–Kier alpha value is -3.63. The maximum atomic E-state index is 12.3. The Kier molecular flexibility index (Phi) is 5.61. The van der Waals surface area contributed by atoms with Gasteiger partial charge in [0.2, 0.25) is 5.95 Å². The van der Waals surface area contributed by atoms with Crippen molar-refractivity contribution in [1.29, 1.82) is 0 Å². The highest BCUT2D eigenvalue weighted by Gasteiger charge is 2.49. The average Bonchev–Trinajstić information content (AvgIpc) is 3.55. The molecule has 0 unspecified atom stereocenters. The van der Waals surface area contributed by atoms with Gasteiger partial charge in [-0.2, -0.15) is 0 Å². The zero-order valence-electron chi connectivity index (χ0n) is 17.3. The lowest BCUT2D eigenvalue weighted by Gasteiger charge is -2.18. The maximum absolute atomic E-state index is 12.3. The number of hydrogen-bond donors (Lipinski definition) is 2. The molecule has 2 fully saturated rings. The van der Waals surface area contributed by atoms with Crippen molar-refractivity contribution in [3.05, 3.63) is 54.9 Å². The summed E-state index contributed by atoms with van der Waals surface area (Å²) in [6.45, 7) is 0.618. The standard InChI is InChI=1S/C22H22N4O6/c1-28-14-5-2-4-13(10-14)24-22(27)32-18-12-31-19-16(11-30-20(18)19)26-21-23-8-7-15(25-21)17-6-3-9-29-17/h2-10,16,18-20H,11-12H2,1H3,(H,24,27)(H,23,25,26)/t16-,18+,19+,20+/m0/s1. The molecule has 0 radical (unpaired) electrons. The summed E-state index contributed by atoms with van der Waals surface area (Å²) in [6.07, 6.45) is 1.48. The second-order valence-electron chi connectivity index (χ2n) is 7.39. The fourth-order valence-electron chi connectivity index (χ4n) is 3.83. The van der Waals surface area contributed by atoms with E-state index < -0.39 is 12.2 Å². The SMILES string of the molecule is COc1cccc(NC(=O)O[C@@H]2CO[C@H]3[C@@H]2OC[C@@H]3Nc2nccc(-c3ccco3)n2)c1. The van der Waals surface area contributed by atoms with E-state index in [2.05, 4.69) is 20.6 Å². The predicted octanol–water partition coefficient (Wildman–Crippen LogP) is 2.94. The fraction of sp³-hybridized carbons (Fsp3) is 0.318. The zero-order valence-corrected chi connectivity index (χ0v) is 17.3. The van der Waals surface area contributed by atoms with Crippen molar-refractivity contribution in [3.63, 3.8) is 0 Å². The molecule has 0 bridgehead atoms. The van der Waals surface area contributed by atoms with Crippen LogP contribution < -0.4 is 15.4 Å². The quantitative estimate of drug-likeness (QED) is 0.599. The van der Waals surface area contributed by atoms with Gasteiger partial charge in [0, 0.05) is 18.0 Å². The number of hydrogen-bond acceptors (Lipinski definition) is 9. The normalized spacial score (nSPS) is 24.0. The Morgan fingerprint density at radius 2 is 2.03 bits per heavy atom. The fourth-order valence-corrected chi connectivity index (χ4v) is 3.83. The minimum absolute atomic E-state index is 0.179. The van der Waals surface area contributed by atoms with Crippen LogP contribution in [0.1, 0.15) is 0 Å². The molecule has 4 atom stereocenters. The van der Waals surface area contributed by atoms with E-state index in [9.17, 15) is 4.79 Å². The number of carbonyl (C=O) groups is 1. The molecule has 32 heavy (non-hydrogen) atoms. The molecule has 10 heteroatoms. The van der Waals surface area contributed by atoms with Crippen LogP contribution in [0, 0.1) is 0 Å². The summed E-state index contributed by atoms with van der Waals surface area (Å²) >= 11 is 0. The molecule has 5 rings (SSSR count). The van der Waals surface area contributed by atoms with Crippen molar-refractivity contribution in [2.24, 2.45) is 0 Å². The Labute approximate surface area is 183 Å². The van der Waals surface area contributed by atoms with Gasteiger partial charge in [0.1, 0.15) is 23.7 Å². The summed E-state index contributed by atoms with van der Waals surface area (Å²) in [5.41, 5.74) is 1.25. The van der Waals surface area contributed by atoms with Crippen molar-refractivity contribution >= 4 is 17.7 Å². The van der Waals surface area contributed by atoms with E-state index in [4.69, 9.17) is 23.4 Å². The molecule has 166 valence electrons. The van der Waals surface area contributed by atoms with E-state index in [1.165, 1.54) is 0 Å². The third kappa shape index (κ3) is 4.23. The molecule has 0 saturated carbocycles. The highest BCUT2D eigenvalue weighted by molar-refractivity contribution is 5.85. The smallest absolute Gasteiger partial charge is 0.412 e. The van der Waals surface area contributed by atoms with Gasteiger partial charge in [0.05, 0.1) is 32.6 Å². The number of amides is 1. The van der Waals surface area contributed by atoms with Gasteiger partial charge < -0.3 is 28.7 Å². The van der Waals surface area contributed by atoms with E-state index in [1.807, 2.05) is 6.07 Å². The number of fused-ring (bicyclic) bond motifs is 1. The number of furan rings is 1. The Morgan fingerprint density at radius 1 is 1.12 bits per heavy atom. The third-order valence-electron chi connectivity index (χ3n) is 5.33. The molecule has 10 nitrogen and oxygen atoms in total. The Balaban J connectivity index is 1.18. The summed E-state index contributed by atoms with van der Waals surface area (Å²) in [4.78, 5) is 21.1. The molecule has 2 aliphatic rings. The number of ether oxygens (including phenoxy) is 4. The van der Waals surface area contributed by atoms with Crippen molar-refractivity contribution < 1.29 is 28.2 Å². The first-order valence-electron chi connectivity index (χ1n) is 10.2. The lowest BCUT2D eigenvalue weighted by Crippen LogP contribution is -2.38. The van der Waals surface area contributed by atoms with Crippen molar-refractivity contribution in [2.45, 2.75) is 24.4 Å². The zero-order chi connectivity index (χ0) is 21.9. The maximum Gasteiger partial charge on any atom is 0.412 e. The summed E-state index contributed by atoms with van der Waals surface area (Å²) in [5.74, 6) is 1.74. The van der Waals surface area contributed by atoms with E-state index >= 15 is 0 Å². The lowest BCUT2D eigenvalue weighted by atomic mass is 10.1. The second-order valence-corrected chi connectivity index (χ2v) is 7.39. The monoisotopic (exact) mass is 438 g/mol. The number of benzene rings is 1. The minimum atomic E-state index is -0.581. The summed E-state index contributed by atoms with van der Waals surface area (Å²) in [6, 6.07) is 12.3. The number of nitrogens with zero attached hydrogens (tertiary/aromatic N) is 2. The van der Waals surface area contributed by atoms with Gasteiger partial charge in [-0.1, -0.05) is 6.07 Å². The molecule has 2 aromatic heterocycles. The van der Waals surface area contributed by atoms with Gasteiger partial charge in [0.25, 0.3) is 0 Å². The van der Waals surface area contributed by atoms with E-state index in [-0.39, 0.29) is 24.9 Å². The van der Waals surface area contributed by atoms with Crippen LogP contribution in [0.15, 0.2) is 59.3 Å². The third-order valence-corrected chi connectivity index (χ3v) is 5.33. The number of nitrogens with one attached hydrogen (secondary N) is 2. The second kappa shape index (κ2) is 8.85. The number of aromatic nitrogens is 2. The predicted molar refractivity (Wildman–Crippen MR) is 114 cm³/mol. The van der Waals surface area contributed by atoms with Crippen LogP contribution in [0.2, 0.25) is 0 Å². The lowest BCUT2D eigenvalue weighted by molar-refractivity contribution is 0.00917. The van der Waals surface area contributed by atoms with E-state index in [0.717, 1.165) is 0 Å². The molecular formula is C22H22N4O6. The van der Waals surface area contributed by atoms with Crippen molar-refractivity contribution in [1.82, 2.24) is 9.97 Å². The molecule has 2 saturated heterocycles. The van der Waals surface area contributed by atoms with Gasteiger partial charge in [0.15, 0.2) is 11.9 Å². The van der Waals surface area contributed by atoms with Crippen molar-refractivity contribution in [3.8, 4) is 17.2 Å². The first-order valence-corrected chi connectivity index (χ1v) is 10.2. The van der Waals surface area contributed by atoms with Crippen molar-refractivity contribution in [2.75, 3.05) is 31.0 Å². The first-order chi connectivity index (χ1) is 15.7. The summed E-state index contributed by atoms with van der Waals surface area (Å²) < 4.78 is 27.9. The molecule has 2 aliphatic heterocycles. The largest absolute Gasteiger partial charge is 0.497 e. The van der Waals surface area contributed by atoms with Crippen LogP contribution in [0.4, 0.5) is 16.4 Å². The molecule has 1 aromatic carbocycles. The molecule has 3 aromatic rings. The van der Waals surface area contributed by atoms with E-state index in [0.29, 0.717) is 35.4 Å². The number of methoxy groups -OCH3 is 1. The summed E-state index contributed by atoms with van der Waals surface area (Å²) in [5, 5.41) is 5.95. The molecule has 2 N–H and O–H groups in total. The molecule has 0 aliphatic carbocycles. The topological polar surface area (TPSA) is 117 Å².